The van der Waals surface area contributed by atoms with Crippen molar-refractivity contribution in [3.05, 3.63) is 0 Å². The molecule has 2 N–H and O–H groups in total. The van der Waals surface area contributed by atoms with Crippen LogP contribution in [-0.4, -0.2) is 29.8 Å². The summed E-state index contributed by atoms with van der Waals surface area (Å²) in [5.41, 5.74) is 5.05. The molecule has 1 fully saturated rings. The molecule has 4 heteroatoms. The summed E-state index contributed by atoms with van der Waals surface area (Å²) >= 11 is 0. The minimum Gasteiger partial charge on any atom is -0.351 e. The van der Waals surface area contributed by atoms with Gasteiger partial charge in [-0.1, -0.05) is 13.8 Å². The second-order valence-electron chi connectivity index (χ2n) is 3.93. The number of nitrogens with zero attached hydrogens (tertiary/aromatic N) is 1. The van der Waals surface area contributed by atoms with Crippen LogP contribution in [0.4, 0.5) is 4.79 Å². The second-order valence-corrected chi connectivity index (χ2v) is 3.93. The van der Waals surface area contributed by atoms with Gasteiger partial charge in [0.2, 0.25) is 0 Å². The predicted octanol–water partition coefficient (Wildman–Crippen LogP) is 0.612. The van der Waals surface area contributed by atoms with Gasteiger partial charge in [-0.25, -0.2) is 4.79 Å². The molecule has 1 heterocycles. The van der Waals surface area contributed by atoms with Crippen molar-refractivity contribution < 1.29 is 9.59 Å². The Morgan fingerprint density at radius 3 is 2.38 bits per heavy atom. The number of carbonyl (C=O) groups excluding carboxylic acids is 2. The van der Waals surface area contributed by atoms with Crippen molar-refractivity contribution in [2.75, 3.05) is 13.1 Å². The number of likely N-dealkylation sites (tertiary alicyclic amines) is 1. The fourth-order valence-electron chi connectivity index (χ4n) is 1.40. The van der Waals surface area contributed by atoms with E-state index in [1.165, 1.54) is 0 Å². The van der Waals surface area contributed by atoms with Crippen LogP contribution in [0.25, 0.3) is 0 Å². The number of rotatable bonds is 3. The van der Waals surface area contributed by atoms with Gasteiger partial charge in [-0.2, -0.15) is 0 Å². The van der Waals surface area contributed by atoms with Crippen LogP contribution < -0.4 is 5.73 Å². The number of amides is 2. The van der Waals surface area contributed by atoms with E-state index in [2.05, 4.69) is 0 Å². The zero-order chi connectivity index (χ0) is 10.0. The molecule has 0 atom stereocenters. The Hall–Kier alpha value is -1.06. The van der Waals surface area contributed by atoms with Gasteiger partial charge < -0.3 is 10.6 Å². The zero-order valence-electron chi connectivity index (χ0n) is 8.12. The smallest absolute Gasteiger partial charge is 0.314 e. The Balaban J connectivity index is 2.22. The highest BCUT2D eigenvalue weighted by molar-refractivity contribution is 5.81. The van der Waals surface area contributed by atoms with Gasteiger partial charge in [0.15, 0.2) is 0 Å². The molecule has 0 aliphatic carbocycles. The molecule has 1 aliphatic rings. The lowest BCUT2D eigenvalue weighted by atomic mass is 9.91. The third-order valence-electron chi connectivity index (χ3n) is 2.40. The van der Waals surface area contributed by atoms with Crippen LogP contribution >= 0.6 is 0 Å². The molecule has 0 aromatic rings. The van der Waals surface area contributed by atoms with Crippen LogP contribution in [0.3, 0.4) is 0 Å². The van der Waals surface area contributed by atoms with Crippen LogP contribution in [0.15, 0.2) is 0 Å². The van der Waals surface area contributed by atoms with E-state index in [0.717, 1.165) is 0 Å². The first-order chi connectivity index (χ1) is 6.00. The topological polar surface area (TPSA) is 63.4 Å². The molecule has 0 aromatic carbocycles. The van der Waals surface area contributed by atoms with Crippen molar-refractivity contribution in [2.45, 2.75) is 20.3 Å². The summed E-state index contributed by atoms with van der Waals surface area (Å²) in [6, 6.07) is -0.381. The van der Waals surface area contributed by atoms with E-state index < -0.39 is 0 Å². The maximum Gasteiger partial charge on any atom is 0.314 e. The highest BCUT2D eigenvalue weighted by atomic mass is 16.2. The van der Waals surface area contributed by atoms with E-state index in [1.54, 1.807) is 4.90 Å². The molecule has 0 spiro atoms. The summed E-state index contributed by atoms with van der Waals surface area (Å²) in [5, 5.41) is 0. The fourth-order valence-corrected chi connectivity index (χ4v) is 1.40. The van der Waals surface area contributed by atoms with Gasteiger partial charge in [0.05, 0.1) is 0 Å². The molecule has 74 valence electrons. The molecule has 0 unspecified atom stereocenters. The molecule has 1 aliphatic heterocycles. The fraction of sp³-hybridized carbons (Fsp3) is 0.778. The molecule has 1 saturated heterocycles. The summed E-state index contributed by atoms with van der Waals surface area (Å²) in [5.74, 6) is 0.708. The average molecular weight is 184 g/mol. The van der Waals surface area contributed by atoms with Gasteiger partial charge in [-0.15, -0.1) is 0 Å². The van der Waals surface area contributed by atoms with Crippen molar-refractivity contribution >= 4 is 11.8 Å². The third-order valence-corrected chi connectivity index (χ3v) is 2.40. The number of primary amides is 1. The largest absolute Gasteiger partial charge is 0.351 e. The Morgan fingerprint density at radius 2 is 2.00 bits per heavy atom. The molecular weight excluding hydrogens is 168 g/mol. The van der Waals surface area contributed by atoms with Gasteiger partial charge in [0, 0.05) is 31.3 Å². The molecule has 13 heavy (non-hydrogen) atoms. The highest BCUT2D eigenvalue weighted by Crippen LogP contribution is 2.20. The minimum absolute atomic E-state index is 0.0997. The van der Waals surface area contributed by atoms with Gasteiger partial charge in [0.1, 0.15) is 5.78 Å². The van der Waals surface area contributed by atoms with E-state index in [9.17, 15) is 9.59 Å². The molecule has 1 rings (SSSR count). The molecule has 4 nitrogen and oxygen atoms in total. The van der Waals surface area contributed by atoms with E-state index in [-0.39, 0.29) is 17.7 Å². The van der Waals surface area contributed by atoms with Crippen molar-refractivity contribution in [1.29, 1.82) is 0 Å². The first kappa shape index (κ1) is 10.0. The Kier molecular flexibility index (Phi) is 2.90. The number of Topliss-reactive ketones (excluding diaryl/α,β-unsaturated/α-hetero) is 1. The lowest BCUT2D eigenvalue weighted by molar-refractivity contribution is -0.123. The molecule has 0 aromatic heterocycles. The van der Waals surface area contributed by atoms with Crippen molar-refractivity contribution in [1.82, 2.24) is 4.90 Å². The highest BCUT2D eigenvalue weighted by Gasteiger charge is 2.30. The average Bonchev–Trinajstić information content (AvgIpc) is 1.94. The molecule has 0 saturated carbocycles. The maximum atomic E-state index is 11.3. The maximum absolute atomic E-state index is 11.3. The van der Waals surface area contributed by atoms with E-state index in [4.69, 9.17) is 5.73 Å². The van der Waals surface area contributed by atoms with Crippen LogP contribution in [-0.2, 0) is 4.79 Å². The monoisotopic (exact) mass is 184 g/mol. The molecule has 0 bridgehead atoms. The summed E-state index contributed by atoms with van der Waals surface area (Å²) in [4.78, 5) is 23.5. The number of nitrogens with two attached hydrogens (primary N) is 1. The lowest BCUT2D eigenvalue weighted by Gasteiger charge is -2.37. The van der Waals surface area contributed by atoms with Crippen LogP contribution in [0, 0.1) is 11.8 Å². The Morgan fingerprint density at radius 1 is 1.46 bits per heavy atom. The summed E-state index contributed by atoms with van der Waals surface area (Å²) in [6.45, 7) is 5.08. The van der Waals surface area contributed by atoms with Crippen molar-refractivity contribution in [3.8, 4) is 0 Å². The van der Waals surface area contributed by atoms with Crippen LogP contribution in [0.1, 0.15) is 20.3 Å². The standard InChI is InChI=1S/C9H16N2O2/c1-6(2)8(12)3-7-4-11(5-7)9(10)13/h6-7H,3-5H2,1-2H3,(H2,10,13). The predicted molar refractivity (Wildman–Crippen MR) is 49.1 cm³/mol. The summed E-state index contributed by atoms with van der Waals surface area (Å²) < 4.78 is 0. The van der Waals surface area contributed by atoms with E-state index in [0.29, 0.717) is 25.4 Å². The molecular formula is C9H16N2O2. The van der Waals surface area contributed by atoms with Crippen molar-refractivity contribution in [3.63, 3.8) is 0 Å². The van der Waals surface area contributed by atoms with Gasteiger partial charge >= 0.3 is 6.03 Å². The Bertz CT molecular complexity index is 220. The first-order valence-corrected chi connectivity index (χ1v) is 4.57. The van der Waals surface area contributed by atoms with Gasteiger partial charge in [-0.3, -0.25) is 4.79 Å². The molecule has 2 amide bonds. The van der Waals surface area contributed by atoms with Gasteiger partial charge in [0.25, 0.3) is 0 Å². The number of hydrogen-bond acceptors (Lipinski definition) is 2. The van der Waals surface area contributed by atoms with Crippen molar-refractivity contribution in [2.24, 2.45) is 17.6 Å². The lowest BCUT2D eigenvalue weighted by Crippen LogP contribution is -2.52. The first-order valence-electron chi connectivity index (χ1n) is 4.57. The third kappa shape index (κ3) is 2.44. The number of carbonyl (C=O) groups is 2. The number of hydrogen-bond donors (Lipinski definition) is 1. The second kappa shape index (κ2) is 3.77. The summed E-state index contributed by atoms with van der Waals surface area (Å²) in [7, 11) is 0. The van der Waals surface area contributed by atoms with Gasteiger partial charge in [-0.05, 0) is 0 Å². The van der Waals surface area contributed by atoms with Crippen LogP contribution in [0.2, 0.25) is 0 Å². The minimum atomic E-state index is -0.381. The number of ketones is 1. The van der Waals surface area contributed by atoms with Crippen LogP contribution in [0.5, 0.6) is 0 Å². The van der Waals surface area contributed by atoms with E-state index in [1.807, 2.05) is 13.8 Å². The number of urea groups is 1. The zero-order valence-corrected chi connectivity index (χ0v) is 8.12. The SMILES string of the molecule is CC(C)C(=O)CC1CN(C(N)=O)C1. The Labute approximate surface area is 78.1 Å². The van der Waals surface area contributed by atoms with E-state index >= 15 is 0 Å². The summed E-state index contributed by atoms with van der Waals surface area (Å²) in [6.07, 6.45) is 0.585. The quantitative estimate of drug-likeness (QED) is 0.698. The molecule has 0 radical (unpaired) electrons. The normalized spacial score (nSPS) is 17.3.